The Kier molecular flexibility index (Phi) is 5.05. The maximum Gasteiger partial charge on any atom is 0.263 e. The predicted octanol–water partition coefficient (Wildman–Crippen LogP) is 5.37. The number of anilines is 1. The number of aromatic amines is 1. The zero-order valence-corrected chi connectivity index (χ0v) is 19.3. The number of carbonyl (C=O) groups excluding carboxylic acids is 1. The van der Waals surface area contributed by atoms with Crippen molar-refractivity contribution in [2.75, 3.05) is 5.32 Å². The van der Waals surface area contributed by atoms with Crippen molar-refractivity contribution in [1.82, 2.24) is 19.5 Å². The molecule has 0 aliphatic rings. The van der Waals surface area contributed by atoms with E-state index < -0.39 is 0 Å². The molecule has 4 heterocycles. The molecule has 0 spiro atoms. The number of amides is 1. The maximum atomic E-state index is 13.1. The van der Waals surface area contributed by atoms with Crippen molar-refractivity contribution in [3.63, 3.8) is 0 Å². The van der Waals surface area contributed by atoms with Gasteiger partial charge in [-0.25, -0.2) is 9.97 Å². The topological polar surface area (TPSA) is 92.7 Å². The first kappa shape index (κ1) is 20.5. The van der Waals surface area contributed by atoms with Crippen LogP contribution in [0.25, 0.3) is 43.1 Å². The van der Waals surface area contributed by atoms with E-state index >= 15 is 0 Å². The molecule has 0 atom stereocenters. The van der Waals surface area contributed by atoms with Crippen LogP contribution in [0.15, 0.2) is 82.5 Å². The van der Waals surface area contributed by atoms with Gasteiger partial charge in [0.2, 0.25) is 5.91 Å². The summed E-state index contributed by atoms with van der Waals surface area (Å²) in [6, 6.07) is 19.2. The average molecular weight is 484 g/mol. The largest absolute Gasteiger partial charge is 0.338 e. The van der Waals surface area contributed by atoms with Crippen LogP contribution in [0.4, 0.5) is 5.69 Å². The molecule has 0 saturated carbocycles. The first-order valence-electron chi connectivity index (χ1n) is 10.5. The fourth-order valence-electron chi connectivity index (χ4n) is 3.85. The van der Waals surface area contributed by atoms with Gasteiger partial charge < -0.3 is 10.3 Å². The molecule has 2 N–H and O–H groups in total. The highest BCUT2D eigenvalue weighted by atomic mass is 32.1. The van der Waals surface area contributed by atoms with Crippen LogP contribution < -0.4 is 10.9 Å². The van der Waals surface area contributed by atoms with Gasteiger partial charge in [0.15, 0.2) is 0 Å². The third-order valence-corrected chi connectivity index (χ3v) is 7.28. The van der Waals surface area contributed by atoms with Gasteiger partial charge in [0.1, 0.15) is 17.2 Å². The molecule has 34 heavy (non-hydrogen) atoms. The lowest BCUT2D eigenvalue weighted by molar-refractivity contribution is -0.116. The van der Waals surface area contributed by atoms with E-state index in [2.05, 4.69) is 20.3 Å². The van der Waals surface area contributed by atoms with Gasteiger partial charge in [0.25, 0.3) is 5.56 Å². The van der Waals surface area contributed by atoms with Gasteiger partial charge in [-0.2, -0.15) is 0 Å². The predicted molar refractivity (Wildman–Crippen MR) is 137 cm³/mol. The van der Waals surface area contributed by atoms with Crippen molar-refractivity contribution in [3.8, 4) is 21.8 Å². The molecule has 166 valence electrons. The molecule has 0 unspecified atom stereocenters. The molecule has 2 aromatic carbocycles. The van der Waals surface area contributed by atoms with Crippen molar-refractivity contribution < 1.29 is 4.79 Å². The second-order valence-corrected chi connectivity index (χ2v) is 9.52. The number of fused-ring (bicyclic) bond motifs is 2. The third kappa shape index (κ3) is 3.70. The summed E-state index contributed by atoms with van der Waals surface area (Å²) in [6.07, 6.45) is 1.43. The summed E-state index contributed by atoms with van der Waals surface area (Å²) in [6.45, 7) is -0.118. The lowest BCUT2D eigenvalue weighted by Gasteiger charge is -2.08. The molecule has 0 aliphatic heterocycles. The molecule has 0 radical (unpaired) electrons. The number of hydrogen-bond acceptors (Lipinski definition) is 6. The van der Waals surface area contributed by atoms with Crippen LogP contribution in [0, 0.1) is 0 Å². The van der Waals surface area contributed by atoms with Crippen LogP contribution in [0.2, 0.25) is 0 Å². The number of thiophene rings is 2. The molecule has 0 aliphatic carbocycles. The fraction of sp³-hybridized carbons (Fsp3) is 0.0400. The van der Waals surface area contributed by atoms with E-state index in [1.165, 1.54) is 22.2 Å². The number of hydrogen-bond donors (Lipinski definition) is 2. The Hall–Kier alpha value is -4.08. The molecule has 6 rings (SSSR count). The van der Waals surface area contributed by atoms with E-state index in [0.717, 1.165) is 32.9 Å². The Balaban J connectivity index is 1.21. The first-order valence-corrected chi connectivity index (χ1v) is 12.3. The van der Waals surface area contributed by atoms with Crippen LogP contribution in [-0.2, 0) is 11.3 Å². The minimum absolute atomic E-state index is 0.118. The number of nitrogens with one attached hydrogen (secondary N) is 2. The highest BCUT2D eigenvalue weighted by Gasteiger charge is 2.15. The normalized spacial score (nSPS) is 11.3. The quantitative estimate of drug-likeness (QED) is 0.345. The smallest absolute Gasteiger partial charge is 0.263 e. The lowest BCUT2D eigenvalue weighted by atomic mass is 10.2. The molecule has 0 fully saturated rings. The minimum Gasteiger partial charge on any atom is -0.338 e. The first-order chi connectivity index (χ1) is 16.7. The summed E-state index contributed by atoms with van der Waals surface area (Å²) in [5.41, 5.74) is 4.08. The zero-order valence-electron chi connectivity index (χ0n) is 17.7. The highest BCUT2D eigenvalue weighted by Crippen LogP contribution is 2.33. The number of nitrogens with zero attached hydrogens (tertiary/aromatic N) is 3. The number of carbonyl (C=O) groups is 1. The Morgan fingerprint density at radius 1 is 1.03 bits per heavy atom. The minimum atomic E-state index is -0.298. The van der Waals surface area contributed by atoms with E-state index in [1.54, 1.807) is 11.3 Å². The number of para-hydroxylation sites is 2. The van der Waals surface area contributed by atoms with Crippen LogP contribution >= 0.6 is 22.7 Å². The zero-order chi connectivity index (χ0) is 23.1. The third-order valence-electron chi connectivity index (χ3n) is 5.49. The summed E-state index contributed by atoms with van der Waals surface area (Å²) in [5.74, 6) is 0.468. The Morgan fingerprint density at radius 2 is 1.88 bits per heavy atom. The van der Waals surface area contributed by atoms with Crippen molar-refractivity contribution in [2.24, 2.45) is 0 Å². The summed E-state index contributed by atoms with van der Waals surface area (Å²) >= 11 is 3.00. The molecular formula is C25H17N5O2S2. The van der Waals surface area contributed by atoms with Crippen molar-refractivity contribution in [3.05, 3.63) is 88.1 Å². The monoisotopic (exact) mass is 483 g/mol. The standard InChI is InChI=1S/C25H17N5O2S2/c31-21(12-30-14-26-24-22(25(30)32)17(13-34-24)20-6-3-11-33-20)27-16-9-7-15(8-10-16)23-28-18-4-1-2-5-19(18)29-23/h1-11,13-14H,12H2,(H,27,31)(H,28,29). The average Bonchev–Trinajstić information content (AvgIpc) is 3.60. The van der Waals surface area contributed by atoms with Crippen molar-refractivity contribution >= 4 is 55.5 Å². The Bertz CT molecular complexity index is 1660. The van der Waals surface area contributed by atoms with Gasteiger partial charge in [-0.15, -0.1) is 22.7 Å². The van der Waals surface area contributed by atoms with Crippen LogP contribution in [0.3, 0.4) is 0 Å². The molecular weight excluding hydrogens is 466 g/mol. The number of H-pyrrole nitrogens is 1. The molecule has 6 aromatic rings. The molecule has 0 bridgehead atoms. The van der Waals surface area contributed by atoms with Crippen molar-refractivity contribution in [2.45, 2.75) is 6.54 Å². The van der Waals surface area contributed by atoms with Gasteiger partial charge in [0, 0.05) is 27.1 Å². The molecule has 9 heteroatoms. The number of imidazole rings is 1. The van der Waals surface area contributed by atoms with E-state index in [4.69, 9.17) is 0 Å². The van der Waals surface area contributed by atoms with Gasteiger partial charge in [-0.3, -0.25) is 14.2 Å². The second kappa shape index (κ2) is 8.36. The lowest BCUT2D eigenvalue weighted by Crippen LogP contribution is -2.27. The van der Waals surface area contributed by atoms with E-state index in [9.17, 15) is 9.59 Å². The fourth-order valence-corrected chi connectivity index (χ4v) is 5.57. The number of benzene rings is 2. The van der Waals surface area contributed by atoms with E-state index in [-0.39, 0.29) is 18.0 Å². The van der Waals surface area contributed by atoms with Gasteiger partial charge in [-0.05, 0) is 47.8 Å². The summed E-state index contributed by atoms with van der Waals surface area (Å²) in [4.78, 5) is 39.8. The van der Waals surface area contributed by atoms with Crippen LogP contribution in [-0.4, -0.2) is 25.4 Å². The Morgan fingerprint density at radius 3 is 2.68 bits per heavy atom. The second-order valence-electron chi connectivity index (χ2n) is 7.71. The maximum absolute atomic E-state index is 13.1. The SMILES string of the molecule is O=C(Cn1cnc2scc(-c3cccs3)c2c1=O)Nc1ccc(-c2nc3ccccc3[nH]2)cc1. The number of aromatic nitrogens is 4. The highest BCUT2D eigenvalue weighted by molar-refractivity contribution is 7.18. The summed E-state index contributed by atoms with van der Waals surface area (Å²) in [7, 11) is 0. The van der Waals surface area contributed by atoms with E-state index in [1.807, 2.05) is 71.4 Å². The van der Waals surface area contributed by atoms with Crippen LogP contribution in [0.5, 0.6) is 0 Å². The molecule has 7 nitrogen and oxygen atoms in total. The van der Waals surface area contributed by atoms with Crippen molar-refractivity contribution in [1.29, 1.82) is 0 Å². The summed E-state index contributed by atoms with van der Waals surface area (Å²) < 4.78 is 1.35. The Labute approximate surface area is 201 Å². The summed E-state index contributed by atoms with van der Waals surface area (Å²) in [5, 5.41) is 7.32. The molecule has 1 amide bonds. The van der Waals surface area contributed by atoms with Gasteiger partial charge in [-0.1, -0.05) is 18.2 Å². The van der Waals surface area contributed by atoms with Crippen LogP contribution in [0.1, 0.15) is 0 Å². The molecule has 0 saturated heterocycles. The number of rotatable bonds is 5. The van der Waals surface area contributed by atoms with Gasteiger partial charge in [0.05, 0.1) is 22.7 Å². The molecule has 4 aromatic heterocycles. The van der Waals surface area contributed by atoms with E-state index in [0.29, 0.717) is 15.9 Å². The van der Waals surface area contributed by atoms with Gasteiger partial charge >= 0.3 is 0 Å².